The van der Waals surface area contributed by atoms with Gasteiger partial charge in [-0.25, -0.2) is 8.42 Å². The van der Waals surface area contributed by atoms with Crippen LogP contribution in [0, 0.1) is 0 Å². The molecule has 0 radical (unpaired) electrons. The van der Waals surface area contributed by atoms with Crippen LogP contribution in [0.1, 0.15) is 36.1 Å². The van der Waals surface area contributed by atoms with E-state index in [1.165, 1.54) is 48.5 Å². The van der Waals surface area contributed by atoms with Crippen LogP contribution >= 0.6 is 16.5 Å². The fourth-order valence-corrected chi connectivity index (χ4v) is 6.54. The molecule has 0 fully saturated rings. The normalized spacial score (nSPS) is 12.8. The molecular formula is C29H28O8P2S. The summed E-state index contributed by atoms with van der Waals surface area (Å²) in [6.45, 7) is 3.96. The predicted molar refractivity (Wildman–Crippen MR) is 153 cm³/mol. The highest BCUT2D eigenvalue weighted by Crippen LogP contribution is 2.39. The van der Waals surface area contributed by atoms with Gasteiger partial charge in [0, 0.05) is 16.5 Å². The van der Waals surface area contributed by atoms with Crippen molar-refractivity contribution in [1.82, 2.24) is 0 Å². The summed E-state index contributed by atoms with van der Waals surface area (Å²) < 4.78 is 54.8. The average molecular weight is 599 g/mol. The standard InChI is InChI=1S/C29H28O8P2S/c1-29(2,21-3-13-27(31)19(15-21)17-38-32)22-4-14-28(20(16-22)18-39(33)34)37-24-7-11-26(12-8-24)40(35,36)25-9-5-23(30)6-10-25/h3-16,30-31,39H,17-18H2,1-2H3,(H,33,34). The minimum Gasteiger partial charge on any atom is -0.508 e. The number of sulfone groups is 1. The van der Waals surface area contributed by atoms with E-state index in [1.807, 2.05) is 19.9 Å². The third-order valence-corrected chi connectivity index (χ3v) is 9.61. The van der Waals surface area contributed by atoms with Crippen LogP contribution in [0.2, 0.25) is 0 Å². The van der Waals surface area contributed by atoms with Crippen LogP contribution < -0.4 is 4.74 Å². The maximum atomic E-state index is 12.9. The molecule has 1 unspecified atom stereocenters. The van der Waals surface area contributed by atoms with E-state index >= 15 is 0 Å². The monoisotopic (exact) mass is 598 g/mol. The Hall–Kier alpha value is -3.48. The molecule has 0 aliphatic rings. The third-order valence-electron chi connectivity index (χ3n) is 6.67. The molecular weight excluding hydrogens is 570 g/mol. The van der Waals surface area contributed by atoms with Gasteiger partial charge in [-0.3, -0.25) is 9.13 Å². The van der Waals surface area contributed by atoms with Crippen molar-refractivity contribution in [2.24, 2.45) is 0 Å². The van der Waals surface area contributed by atoms with E-state index in [4.69, 9.17) is 4.74 Å². The van der Waals surface area contributed by atoms with E-state index in [2.05, 4.69) is 0 Å². The first-order valence-corrected chi connectivity index (χ1v) is 16.2. The van der Waals surface area contributed by atoms with E-state index in [0.717, 1.165) is 11.1 Å². The summed E-state index contributed by atoms with van der Waals surface area (Å²) in [6, 6.07) is 21.6. The lowest BCUT2D eigenvalue weighted by molar-refractivity contribution is 0.468. The largest absolute Gasteiger partial charge is 0.508 e. The molecule has 0 heterocycles. The molecule has 11 heteroatoms. The first kappa shape index (κ1) is 29.5. The Morgan fingerprint density at radius 2 is 1.38 bits per heavy atom. The van der Waals surface area contributed by atoms with Crippen LogP contribution in [0.5, 0.6) is 23.0 Å². The minimum absolute atomic E-state index is 0.0369. The molecule has 1 atom stereocenters. The summed E-state index contributed by atoms with van der Waals surface area (Å²) >= 11 is 0. The Balaban J connectivity index is 1.64. The SMILES string of the molecule is CC(C)(c1ccc(O)c(CP=O)c1)c1ccc(Oc2ccc(S(=O)(=O)c3ccc(O)cc3)cc2)c(C[PH](=O)O)c1. The number of aromatic hydroxyl groups is 2. The predicted octanol–water partition coefficient (Wildman–Crippen LogP) is 6.81. The number of hydrogen-bond acceptors (Lipinski definition) is 7. The molecule has 0 saturated carbocycles. The van der Waals surface area contributed by atoms with Gasteiger partial charge in [-0.1, -0.05) is 38.1 Å². The Labute approximate surface area is 234 Å². The zero-order chi connectivity index (χ0) is 29.1. The molecule has 208 valence electrons. The molecule has 0 aliphatic carbocycles. The summed E-state index contributed by atoms with van der Waals surface area (Å²) in [5, 5.41) is 19.5. The zero-order valence-corrected chi connectivity index (χ0v) is 24.4. The highest BCUT2D eigenvalue weighted by atomic mass is 32.2. The van der Waals surface area contributed by atoms with Gasteiger partial charge < -0.3 is 19.8 Å². The first-order chi connectivity index (χ1) is 18.9. The molecule has 0 saturated heterocycles. The Bertz CT molecular complexity index is 1670. The lowest BCUT2D eigenvalue weighted by Gasteiger charge is -2.28. The van der Waals surface area contributed by atoms with Gasteiger partial charge in [0.05, 0.1) is 22.1 Å². The van der Waals surface area contributed by atoms with Crippen molar-refractivity contribution < 1.29 is 37.4 Å². The molecule has 0 amide bonds. The minimum atomic E-state index is -3.80. The van der Waals surface area contributed by atoms with Gasteiger partial charge in [0.1, 0.15) is 23.0 Å². The Morgan fingerprint density at radius 3 is 1.95 bits per heavy atom. The van der Waals surface area contributed by atoms with Crippen molar-refractivity contribution in [1.29, 1.82) is 0 Å². The maximum Gasteiger partial charge on any atom is 0.206 e. The highest BCUT2D eigenvalue weighted by Gasteiger charge is 2.26. The molecule has 3 N–H and O–H groups in total. The van der Waals surface area contributed by atoms with E-state index < -0.39 is 23.3 Å². The number of rotatable bonds is 10. The number of benzene rings is 4. The van der Waals surface area contributed by atoms with Crippen LogP contribution in [0.4, 0.5) is 0 Å². The van der Waals surface area contributed by atoms with Gasteiger partial charge in [-0.2, -0.15) is 0 Å². The fraction of sp³-hybridized carbons (Fsp3) is 0.172. The molecule has 4 rings (SSSR count). The maximum absolute atomic E-state index is 12.9. The molecule has 4 aromatic rings. The molecule has 0 aromatic heterocycles. The summed E-state index contributed by atoms with van der Waals surface area (Å²) in [5.41, 5.74) is 2.20. The van der Waals surface area contributed by atoms with E-state index in [0.29, 0.717) is 22.6 Å². The number of hydrogen-bond donors (Lipinski definition) is 3. The van der Waals surface area contributed by atoms with Gasteiger partial charge >= 0.3 is 0 Å². The van der Waals surface area contributed by atoms with Gasteiger partial charge in [0.25, 0.3) is 0 Å². The Morgan fingerprint density at radius 1 is 0.825 bits per heavy atom. The van der Waals surface area contributed by atoms with Crippen molar-refractivity contribution in [2.45, 2.75) is 41.4 Å². The number of phenolic OH excluding ortho intramolecular Hbond substituents is 2. The van der Waals surface area contributed by atoms with Gasteiger partial charge in [0.2, 0.25) is 9.84 Å². The molecule has 0 aliphatic heterocycles. The van der Waals surface area contributed by atoms with Gasteiger partial charge in [-0.05, 0) is 71.8 Å². The summed E-state index contributed by atoms with van der Waals surface area (Å²) in [5.74, 6) is 0.728. The van der Waals surface area contributed by atoms with Crippen LogP contribution in [-0.2, 0) is 36.7 Å². The Kier molecular flexibility index (Phi) is 8.81. The second kappa shape index (κ2) is 11.9. The van der Waals surface area contributed by atoms with Crippen molar-refractivity contribution in [3.63, 3.8) is 0 Å². The van der Waals surface area contributed by atoms with Gasteiger partial charge in [0.15, 0.2) is 16.5 Å². The van der Waals surface area contributed by atoms with Crippen LogP contribution in [0.3, 0.4) is 0 Å². The van der Waals surface area contributed by atoms with Crippen molar-refractivity contribution >= 4 is 26.3 Å². The van der Waals surface area contributed by atoms with E-state index in [-0.39, 0.29) is 42.1 Å². The van der Waals surface area contributed by atoms with E-state index in [1.54, 1.807) is 30.3 Å². The number of phenols is 2. The fourth-order valence-electron chi connectivity index (χ4n) is 4.28. The van der Waals surface area contributed by atoms with Crippen LogP contribution in [0.15, 0.2) is 94.7 Å². The summed E-state index contributed by atoms with van der Waals surface area (Å²) in [7, 11) is -6.80. The first-order valence-electron chi connectivity index (χ1n) is 12.2. The zero-order valence-electron chi connectivity index (χ0n) is 21.7. The van der Waals surface area contributed by atoms with E-state index in [9.17, 15) is 32.7 Å². The van der Waals surface area contributed by atoms with Crippen molar-refractivity contribution in [3.8, 4) is 23.0 Å². The van der Waals surface area contributed by atoms with Crippen LogP contribution in [0.25, 0.3) is 0 Å². The topological polar surface area (TPSA) is 138 Å². The third kappa shape index (κ3) is 6.45. The average Bonchev–Trinajstić information content (AvgIpc) is 2.91. The summed E-state index contributed by atoms with van der Waals surface area (Å²) in [4.78, 5) is 9.83. The molecule has 0 bridgehead atoms. The molecule has 4 aromatic carbocycles. The van der Waals surface area contributed by atoms with Gasteiger partial charge in [-0.15, -0.1) is 0 Å². The van der Waals surface area contributed by atoms with Crippen molar-refractivity contribution in [3.05, 3.63) is 107 Å². The summed E-state index contributed by atoms with van der Waals surface area (Å²) in [6.07, 6.45) is 0.0580. The lowest BCUT2D eigenvalue weighted by atomic mass is 9.77. The van der Waals surface area contributed by atoms with Crippen LogP contribution in [-0.4, -0.2) is 23.5 Å². The second-order valence-electron chi connectivity index (χ2n) is 9.72. The highest BCUT2D eigenvalue weighted by molar-refractivity contribution is 7.91. The second-order valence-corrected chi connectivity index (χ2v) is 13.4. The lowest BCUT2D eigenvalue weighted by Crippen LogP contribution is -2.19. The molecule has 40 heavy (non-hydrogen) atoms. The molecule has 8 nitrogen and oxygen atoms in total. The quantitative estimate of drug-likeness (QED) is 0.169. The van der Waals surface area contributed by atoms with Crippen molar-refractivity contribution in [2.75, 3.05) is 0 Å². The smallest absolute Gasteiger partial charge is 0.206 e. The molecule has 0 spiro atoms. The number of ether oxygens (including phenoxy) is 1.